The van der Waals surface area contributed by atoms with Crippen molar-refractivity contribution < 1.29 is 0 Å². The Bertz CT molecular complexity index is 497. The Balaban J connectivity index is 2.04. The highest BCUT2D eigenvalue weighted by Gasteiger charge is 2.23. The van der Waals surface area contributed by atoms with Crippen LogP contribution in [0.4, 0.5) is 0 Å². The van der Waals surface area contributed by atoms with Gasteiger partial charge in [-0.15, -0.1) is 0 Å². The highest BCUT2D eigenvalue weighted by molar-refractivity contribution is 5.61. The van der Waals surface area contributed by atoms with E-state index in [4.69, 9.17) is 0 Å². The van der Waals surface area contributed by atoms with Crippen molar-refractivity contribution in [2.24, 2.45) is 7.05 Å². The standard InChI is InChI=1S/C13H16N4/c1-17-9-10(11-5-2-3-7-14-11)13(16-17)12-6-4-8-15-12/h2-3,5,7,9,12,15H,4,6,8H2,1H3. The molecule has 2 aromatic rings. The molecule has 0 radical (unpaired) electrons. The zero-order valence-corrected chi connectivity index (χ0v) is 9.93. The molecular formula is C13H16N4. The number of hydrogen-bond donors (Lipinski definition) is 1. The molecule has 2 aromatic heterocycles. The van der Waals surface area contributed by atoms with Crippen LogP contribution in [0.25, 0.3) is 11.3 Å². The fraction of sp³-hybridized carbons (Fsp3) is 0.385. The third-order valence-electron chi connectivity index (χ3n) is 3.19. The van der Waals surface area contributed by atoms with Crippen LogP contribution in [-0.2, 0) is 7.05 Å². The van der Waals surface area contributed by atoms with Crippen molar-refractivity contribution in [2.45, 2.75) is 18.9 Å². The summed E-state index contributed by atoms with van der Waals surface area (Å²) < 4.78 is 1.87. The first-order valence-electron chi connectivity index (χ1n) is 6.03. The zero-order valence-electron chi connectivity index (χ0n) is 9.93. The molecule has 4 nitrogen and oxygen atoms in total. The van der Waals surface area contributed by atoms with E-state index in [1.165, 1.54) is 6.42 Å². The van der Waals surface area contributed by atoms with Crippen molar-refractivity contribution in [1.29, 1.82) is 0 Å². The lowest BCUT2D eigenvalue weighted by molar-refractivity contribution is 0.607. The molecule has 1 N–H and O–H groups in total. The van der Waals surface area contributed by atoms with E-state index in [0.29, 0.717) is 6.04 Å². The Hall–Kier alpha value is -1.68. The average Bonchev–Trinajstić information content (AvgIpc) is 2.98. The quantitative estimate of drug-likeness (QED) is 0.853. The van der Waals surface area contributed by atoms with Crippen LogP contribution in [0.3, 0.4) is 0 Å². The number of nitrogens with zero attached hydrogens (tertiary/aromatic N) is 3. The number of aryl methyl sites for hydroxylation is 1. The molecule has 17 heavy (non-hydrogen) atoms. The molecule has 1 fully saturated rings. The maximum Gasteiger partial charge on any atom is 0.0887 e. The van der Waals surface area contributed by atoms with Gasteiger partial charge in [0.25, 0.3) is 0 Å². The van der Waals surface area contributed by atoms with Crippen molar-refractivity contribution in [1.82, 2.24) is 20.1 Å². The molecule has 0 aliphatic carbocycles. The third kappa shape index (κ3) is 1.96. The van der Waals surface area contributed by atoms with Gasteiger partial charge in [0.05, 0.1) is 17.4 Å². The van der Waals surface area contributed by atoms with Gasteiger partial charge in [-0.2, -0.15) is 5.10 Å². The number of pyridine rings is 1. The van der Waals surface area contributed by atoms with Crippen LogP contribution in [0, 0.1) is 0 Å². The van der Waals surface area contributed by atoms with Crippen molar-refractivity contribution >= 4 is 0 Å². The third-order valence-corrected chi connectivity index (χ3v) is 3.19. The van der Waals surface area contributed by atoms with E-state index in [1.807, 2.05) is 36.1 Å². The van der Waals surface area contributed by atoms with E-state index in [9.17, 15) is 0 Å². The first-order valence-corrected chi connectivity index (χ1v) is 6.03. The van der Waals surface area contributed by atoms with E-state index in [1.54, 1.807) is 0 Å². The molecule has 0 bridgehead atoms. The Morgan fingerprint density at radius 1 is 1.41 bits per heavy atom. The lowest BCUT2D eigenvalue weighted by Gasteiger charge is -2.09. The maximum atomic E-state index is 4.58. The normalized spacial score (nSPS) is 19.7. The molecule has 0 aromatic carbocycles. The van der Waals surface area contributed by atoms with Gasteiger partial charge in [0, 0.05) is 25.0 Å². The Morgan fingerprint density at radius 2 is 2.35 bits per heavy atom. The maximum absolute atomic E-state index is 4.58. The molecule has 1 unspecified atom stereocenters. The summed E-state index contributed by atoms with van der Waals surface area (Å²) in [6.07, 6.45) is 6.27. The number of rotatable bonds is 2. The van der Waals surface area contributed by atoms with E-state index >= 15 is 0 Å². The predicted molar refractivity (Wildman–Crippen MR) is 66.4 cm³/mol. The molecule has 0 amide bonds. The van der Waals surface area contributed by atoms with Crippen LogP contribution < -0.4 is 5.32 Å². The molecule has 4 heteroatoms. The Morgan fingerprint density at radius 3 is 3.06 bits per heavy atom. The minimum absolute atomic E-state index is 0.383. The van der Waals surface area contributed by atoms with Gasteiger partial charge < -0.3 is 5.32 Å². The Kier molecular flexibility index (Phi) is 2.65. The fourth-order valence-corrected chi connectivity index (χ4v) is 2.40. The van der Waals surface area contributed by atoms with Gasteiger partial charge in [-0.1, -0.05) is 6.07 Å². The SMILES string of the molecule is Cn1cc(-c2ccccn2)c(C2CCCN2)n1. The summed E-state index contributed by atoms with van der Waals surface area (Å²) in [7, 11) is 1.96. The van der Waals surface area contributed by atoms with Crippen molar-refractivity contribution in [2.75, 3.05) is 6.54 Å². The Labute approximate surface area is 101 Å². The first-order chi connectivity index (χ1) is 8.34. The lowest BCUT2D eigenvalue weighted by atomic mass is 10.1. The van der Waals surface area contributed by atoms with E-state index in [0.717, 1.165) is 29.9 Å². The summed E-state index contributed by atoms with van der Waals surface area (Å²) in [6, 6.07) is 6.37. The van der Waals surface area contributed by atoms with Crippen molar-refractivity contribution in [3.63, 3.8) is 0 Å². The summed E-state index contributed by atoms with van der Waals surface area (Å²) in [4.78, 5) is 4.41. The van der Waals surface area contributed by atoms with Crippen LogP contribution in [-0.4, -0.2) is 21.3 Å². The second-order valence-corrected chi connectivity index (χ2v) is 4.47. The fourth-order valence-electron chi connectivity index (χ4n) is 2.40. The highest BCUT2D eigenvalue weighted by atomic mass is 15.3. The molecule has 1 aliphatic heterocycles. The topological polar surface area (TPSA) is 42.7 Å². The minimum atomic E-state index is 0.383. The zero-order chi connectivity index (χ0) is 11.7. The smallest absolute Gasteiger partial charge is 0.0887 e. The predicted octanol–water partition coefficient (Wildman–Crippen LogP) is 1.91. The molecule has 0 spiro atoms. The highest BCUT2D eigenvalue weighted by Crippen LogP contribution is 2.30. The molecule has 1 atom stereocenters. The van der Waals surface area contributed by atoms with Crippen LogP contribution in [0.5, 0.6) is 0 Å². The summed E-state index contributed by atoms with van der Waals surface area (Å²) in [5, 5.41) is 8.08. The van der Waals surface area contributed by atoms with Crippen LogP contribution >= 0.6 is 0 Å². The average molecular weight is 228 g/mol. The minimum Gasteiger partial charge on any atom is -0.309 e. The van der Waals surface area contributed by atoms with Crippen molar-refractivity contribution in [3.05, 3.63) is 36.3 Å². The molecule has 1 aliphatic rings. The summed E-state index contributed by atoms with van der Waals surface area (Å²) in [5.41, 5.74) is 3.28. The number of hydrogen-bond acceptors (Lipinski definition) is 3. The van der Waals surface area contributed by atoms with Gasteiger partial charge in [-0.3, -0.25) is 9.67 Å². The monoisotopic (exact) mass is 228 g/mol. The molecule has 0 saturated carbocycles. The molecule has 3 heterocycles. The summed E-state index contributed by atoms with van der Waals surface area (Å²) in [6.45, 7) is 1.09. The second-order valence-electron chi connectivity index (χ2n) is 4.47. The second kappa shape index (κ2) is 4.30. The van der Waals surface area contributed by atoms with Gasteiger partial charge in [0.1, 0.15) is 0 Å². The summed E-state index contributed by atoms with van der Waals surface area (Å²) >= 11 is 0. The van der Waals surface area contributed by atoms with Gasteiger partial charge in [0.2, 0.25) is 0 Å². The first kappa shape index (κ1) is 10.5. The van der Waals surface area contributed by atoms with Crippen LogP contribution in [0.2, 0.25) is 0 Å². The van der Waals surface area contributed by atoms with Gasteiger partial charge >= 0.3 is 0 Å². The lowest BCUT2D eigenvalue weighted by Crippen LogP contribution is -2.14. The number of nitrogens with one attached hydrogen (secondary N) is 1. The van der Waals surface area contributed by atoms with E-state index < -0.39 is 0 Å². The molecule has 1 saturated heterocycles. The van der Waals surface area contributed by atoms with Gasteiger partial charge in [0.15, 0.2) is 0 Å². The van der Waals surface area contributed by atoms with E-state index in [-0.39, 0.29) is 0 Å². The van der Waals surface area contributed by atoms with E-state index in [2.05, 4.69) is 21.6 Å². The molecule has 88 valence electrons. The van der Waals surface area contributed by atoms with Crippen molar-refractivity contribution in [3.8, 4) is 11.3 Å². The van der Waals surface area contributed by atoms with Crippen LogP contribution in [0.15, 0.2) is 30.6 Å². The molecular weight excluding hydrogens is 212 g/mol. The molecule has 3 rings (SSSR count). The number of aromatic nitrogens is 3. The van der Waals surface area contributed by atoms with Gasteiger partial charge in [-0.05, 0) is 31.5 Å². The summed E-state index contributed by atoms with van der Waals surface area (Å²) in [5.74, 6) is 0. The largest absolute Gasteiger partial charge is 0.309 e. The van der Waals surface area contributed by atoms with Gasteiger partial charge in [-0.25, -0.2) is 0 Å². The van der Waals surface area contributed by atoms with Crippen LogP contribution in [0.1, 0.15) is 24.6 Å².